The average Bonchev–Trinajstić information content (AvgIpc) is 3.18. The molecule has 4 rings (SSSR count). The van der Waals surface area contributed by atoms with Gasteiger partial charge in [0.05, 0.1) is 6.21 Å². The maximum atomic E-state index is 12.2. The fraction of sp³-hybridized carbons (Fsp3) is 0.444. The number of carbonyl (C=O) groups is 1. The second-order valence-electron chi connectivity index (χ2n) is 6.58. The standard InChI is InChI=1S/C18H21N3O/c1-11-15(12-6-4-5-9-16(12)20-11)10-19-21-18(22)17-13-7-2-3-8-14(13)17/h4-6,9-10,13-14,17,20H,2-3,7-8H2,1H3,(H,21,22)/b19-10-. The highest BCUT2D eigenvalue weighted by atomic mass is 16.2. The van der Waals surface area contributed by atoms with Crippen LogP contribution in [-0.4, -0.2) is 17.1 Å². The first-order chi connectivity index (χ1) is 10.8. The molecule has 4 nitrogen and oxygen atoms in total. The van der Waals surface area contributed by atoms with E-state index < -0.39 is 0 Å². The van der Waals surface area contributed by atoms with Crippen molar-refractivity contribution >= 4 is 23.0 Å². The third-order valence-corrected chi connectivity index (χ3v) is 5.27. The maximum absolute atomic E-state index is 12.2. The Bertz CT molecular complexity index is 734. The number of hydrogen-bond acceptors (Lipinski definition) is 2. The van der Waals surface area contributed by atoms with E-state index in [1.54, 1.807) is 6.21 Å². The van der Waals surface area contributed by atoms with Crippen LogP contribution >= 0.6 is 0 Å². The van der Waals surface area contributed by atoms with Crippen molar-refractivity contribution in [3.63, 3.8) is 0 Å². The lowest BCUT2D eigenvalue weighted by Gasteiger charge is -2.04. The lowest BCUT2D eigenvalue weighted by molar-refractivity contribution is -0.122. The van der Waals surface area contributed by atoms with E-state index in [9.17, 15) is 4.79 Å². The van der Waals surface area contributed by atoms with Gasteiger partial charge in [-0.05, 0) is 37.7 Å². The summed E-state index contributed by atoms with van der Waals surface area (Å²) in [6.45, 7) is 2.03. The highest BCUT2D eigenvalue weighted by Gasteiger charge is 2.54. The number of amides is 1. The number of nitrogens with one attached hydrogen (secondary N) is 2. The number of aromatic nitrogens is 1. The molecule has 0 aliphatic heterocycles. The molecule has 2 aromatic rings. The van der Waals surface area contributed by atoms with Gasteiger partial charge in [-0.25, -0.2) is 5.43 Å². The Labute approximate surface area is 130 Å². The molecule has 2 N–H and O–H groups in total. The van der Waals surface area contributed by atoms with Crippen molar-refractivity contribution in [1.29, 1.82) is 0 Å². The molecule has 114 valence electrons. The summed E-state index contributed by atoms with van der Waals surface area (Å²) in [5.41, 5.74) is 5.96. The number of rotatable bonds is 3. The minimum Gasteiger partial charge on any atom is -0.358 e. The normalized spacial score (nSPS) is 27.0. The second-order valence-corrected chi connectivity index (χ2v) is 6.58. The van der Waals surface area contributed by atoms with Gasteiger partial charge in [-0.3, -0.25) is 4.79 Å². The number of fused-ring (bicyclic) bond motifs is 2. The van der Waals surface area contributed by atoms with Gasteiger partial charge in [0, 0.05) is 28.1 Å². The van der Waals surface area contributed by atoms with Crippen LogP contribution in [0.15, 0.2) is 29.4 Å². The van der Waals surface area contributed by atoms with Crippen molar-refractivity contribution < 1.29 is 4.79 Å². The van der Waals surface area contributed by atoms with Crippen LogP contribution in [0, 0.1) is 24.7 Å². The summed E-state index contributed by atoms with van der Waals surface area (Å²) in [5.74, 6) is 1.56. The van der Waals surface area contributed by atoms with Crippen LogP contribution in [0.3, 0.4) is 0 Å². The second kappa shape index (κ2) is 5.27. The number of hydrazone groups is 1. The summed E-state index contributed by atoms with van der Waals surface area (Å²) < 4.78 is 0. The van der Waals surface area contributed by atoms with E-state index in [0.717, 1.165) is 22.2 Å². The quantitative estimate of drug-likeness (QED) is 0.662. The zero-order valence-corrected chi connectivity index (χ0v) is 12.8. The molecule has 0 bridgehead atoms. The molecule has 1 heterocycles. The molecule has 4 heteroatoms. The fourth-order valence-electron chi connectivity index (χ4n) is 4.08. The van der Waals surface area contributed by atoms with Gasteiger partial charge in [0.1, 0.15) is 0 Å². The smallest absolute Gasteiger partial charge is 0.243 e. The van der Waals surface area contributed by atoms with E-state index in [2.05, 4.69) is 21.6 Å². The van der Waals surface area contributed by atoms with Gasteiger partial charge in [-0.15, -0.1) is 0 Å². The van der Waals surface area contributed by atoms with Crippen molar-refractivity contribution in [3.8, 4) is 0 Å². The number of para-hydroxylation sites is 1. The summed E-state index contributed by atoms with van der Waals surface area (Å²) in [7, 11) is 0. The summed E-state index contributed by atoms with van der Waals surface area (Å²) in [6, 6.07) is 8.14. The van der Waals surface area contributed by atoms with E-state index in [0.29, 0.717) is 11.8 Å². The predicted molar refractivity (Wildman–Crippen MR) is 87.7 cm³/mol. The highest BCUT2D eigenvalue weighted by molar-refractivity contribution is 6.00. The first-order valence-corrected chi connectivity index (χ1v) is 8.16. The third-order valence-electron chi connectivity index (χ3n) is 5.27. The molecule has 0 spiro atoms. The molecular formula is C18H21N3O. The molecule has 2 unspecified atom stereocenters. The summed E-state index contributed by atoms with van der Waals surface area (Å²) >= 11 is 0. The minimum atomic E-state index is 0.102. The van der Waals surface area contributed by atoms with Gasteiger partial charge >= 0.3 is 0 Å². The number of carbonyl (C=O) groups excluding carboxylic acids is 1. The Kier molecular flexibility index (Phi) is 3.25. The molecule has 22 heavy (non-hydrogen) atoms. The molecule has 2 atom stereocenters. The van der Waals surface area contributed by atoms with Gasteiger partial charge in [-0.1, -0.05) is 31.0 Å². The number of benzene rings is 1. The largest absolute Gasteiger partial charge is 0.358 e. The summed E-state index contributed by atoms with van der Waals surface area (Å²) in [4.78, 5) is 15.6. The molecule has 1 aromatic carbocycles. The molecule has 0 radical (unpaired) electrons. The molecule has 2 fully saturated rings. The van der Waals surface area contributed by atoms with E-state index in [4.69, 9.17) is 0 Å². The SMILES string of the molecule is Cc1[nH]c2ccccc2c1/C=N\NC(=O)C1C2CCCCC21. The van der Waals surface area contributed by atoms with Gasteiger partial charge in [0.25, 0.3) is 0 Å². The maximum Gasteiger partial charge on any atom is 0.243 e. The van der Waals surface area contributed by atoms with Gasteiger partial charge in [0.2, 0.25) is 5.91 Å². The Hall–Kier alpha value is -2.10. The zero-order valence-electron chi connectivity index (χ0n) is 12.8. The first kappa shape index (κ1) is 13.6. The number of hydrogen-bond donors (Lipinski definition) is 2. The van der Waals surface area contributed by atoms with E-state index in [1.807, 2.05) is 25.1 Å². The van der Waals surface area contributed by atoms with Crippen LogP contribution < -0.4 is 5.43 Å². The Morgan fingerprint density at radius 3 is 2.77 bits per heavy atom. The topological polar surface area (TPSA) is 57.2 Å². The van der Waals surface area contributed by atoms with Gasteiger partial charge < -0.3 is 4.98 Å². The van der Waals surface area contributed by atoms with Gasteiger partial charge in [0.15, 0.2) is 0 Å². The molecule has 2 aliphatic rings. The van der Waals surface area contributed by atoms with E-state index >= 15 is 0 Å². The molecular weight excluding hydrogens is 274 g/mol. The Morgan fingerprint density at radius 1 is 1.27 bits per heavy atom. The van der Waals surface area contributed by atoms with E-state index in [-0.39, 0.29) is 11.8 Å². The van der Waals surface area contributed by atoms with Crippen molar-refractivity contribution in [1.82, 2.24) is 10.4 Å². The predicted octanol–water partition coefficient (Wildman–Crippen LogP) is 3.36. The van der Waals surface area contributed by atoms with Crippen LogP contribution in [-0.2, 0) is 4.79 Å². The molecule has 0 saturated heterocycles. The fourth-order valence-corrected chi connectivity index (χ4v) is 4.08. The van der Waals surface area contributed by atoms with Crippen molar-refractivity contribution in [2.45, 2.75) is 32.6 Å². The van der Waals surface area contributed by atoms with Crippen LogP contribution in [0.5, 0.6) is 0 Å². The Morgan fingerprint density at radius 2 is 2.00 bits per heavy atom. The summed E-state index contributed by atoms with van der Waals surface area (Å²) in [5, 5.41) is 5.34. The van der Waals surface area contributed by atoms with Crippen LogP contribution in [0.2, 0.25) is 0 Å². The minimum absolute atomic E-state index is 0.102. The monoisotopic (exact) mass is 295 g/mol. The van der Waals surface area contributed by atoms with Crippen molar-refractivity contribution in [2.75, 3.05) is 0 Å². The average molecular weight is 295 g/mol. The van der Waals surface area contributed by atoms with Crippen molar-refractivity contribution in [3.05, 3.63) is 35.5 Å². The van der Waals surface area contributed by atoms with E-state index in [1.165, 1.54) is 25.7 Å². The number of nitrogens with zero attached hydrogens (tertiary/aromatic N) is 1. The Balaban J connectivity index is 1.45. The molecule has 2 saturated carbocycles. The molecule has 1 amide bonds. The molecule has 1 aromatic heterocycles. The zero-order chi connectivity index (χ0) is 15.1. The lowest BCUT2D eigenvalue weighted by atomic mass is 10.0. The number of aromatic amines is 1. The van der Waals surface area contributed by atoms with Crippen LogP contribution in [0.25, 0.3) is 10.9 Å². The number of aryl methyl sites for hydroxylation is 1. The molecule has 2 aliphatic carbocycles. The number of H-pyrrole nitrogens is 1. The van der Waals surface area contributed by atoms with Crippen molar-refractivity contribution in [2.24, 2.45) is 22.9 Å². The third kappa shape index (κ3) is 2.23. The van der Waals surface area contributed by atoms with Crippen LogP contribution in [0.4, 0.5) is 0 Å². The van der Waals surface area contributed by atoms with Gasteiger partial charge in [-0.2, -0.15) is 5.10 Å². The van der Waals surface area contributed by atoms with Crippen LogP contribution in [0.1, 0.15) is 36.9 Å². The highest BCUT2D eigenvalue weighted by Crippen LogP contribution is 2.55. The summed E-state index contributed by atoms with van der Waals surface area (Å²) in [6.07, 6.45) is 6.76. The lowest BCUT2D eigenvalue weighted by Crippen LogP contribution is -2.20. The first-order valence-electron chi connectivity index (χ1n) is 8.16.